The lowest BCUT2D eigenvalue weighted by molar-refractivity contribution is 0.0733. The van der Waals surface area contributed by atoms with Gasteiger partial charge in [-0.05, 0) is 42.2 Å². The van der Waals surface area contributed by atoms with Crippen LogP contribution in [0, 0.1) is 0 Å². The molecule has 2 heterocycles. The Balaban J connectivity index is 1.78. The summed E-state index contributed by atoms with van der Waals surface area (Å²) < 4.78 is 6.00. The molecule has 0 saturated carbocycles. The molecule has 118 valence electrons. The average molecular weight is 344 g/mol. The summed E-state index contributed by atoms with van der Waals surface area (Å²) in [7, 11) is 0. The van der Waals surface area contributed by atoms with Crippen LogP contribution in [0.2, 0.25) is 0 Å². The molecule has 0 spiro atoms. The molecule has 1 aromatic heterocycles. The average Bonchev–Trinajstić information content (AvgIpc) is 2.61. The number of rotatable bonds is 2. The Morgan fingerprint density at radius 3 is 2.87 bits per heavy atom. The number of nitrogens with zero attached hydrogens (tertiary/aromatic N) is 2. The van der Waals surface area contributed by atoms with Gasteiger partial charge in [0.1, 0.15) is 5.75 Å². The number of thiocarbonyl (C=S) groups is 1. The molecule has 0 fully saturated rings. The number of hydrogen-bond donors (Lipinski definition) is 0. The molecule has 0 unspecified atom stereocenters. The van der Waals surface area contributed by atoms with Crippen molar-refractivity contribution in [2.75, 3.05) is 12.8 Å². The molecule has 0 aliphatic carbocycles. The summed E-state index contributed by atoms with van der Waals surface area (Å²) in [5, 5.41) is 0. The van der Waals surface area contributed by atoms with Crippen molar-refractivity contribution in [3.05, 3.63) is 59.4 Å². The second-order valence-electron chi connectivity index (χ2n) is 5.18. The van der Waals surface area contributed by atoms with Gasteiger partial charge in [-0.25, -0.2) is 0 Å². The molecule has 0 saturated heterocycles. The fraction of sp³-hybridized carbons (Fsp3) is 0.235. The van der Waals surface area contributed by atoms with Crippen molar-refractivity contribution in [2.45, 2.75) is 13.0 Å². The van der Waals surface area contributed by atoms with Crippen LogP contribution < -0.4 is 4.74 Å². The number of benzene rings is 1. The quantitative estimate of drug-likeness (QED) is 0.782. The first kappa shape index (κ1) is 16.0. The fourth-order valence-electron chi connectivity index (χ4n) is 2.53. The molecule has 1 aromatic carbocycles. The molecule has 23 heavy (non-hydrogen) atoms. The molecule has 2 aromatic rings. The fourth-order valence-corrected chi connectivity index (χ4v) is 2.81. The largest absolute Gasteiger partial charge is 0.438 e. The zero-order valence-electron chi connectivity index (χ0n) is 12.7. The molecule has 4 nitrogen and oxygen atoms in total. The second-order valence-corrected chi connectivity index (χ2v) is 6.58. The molecule has 6 heteroatoms. The van der Waals surface area contributed by atoms with Gasteiger partial charge in [-0.2, -0.15) is 0 Å². The Kier molecular flexibility index (Phi) is 4.93. The second kappa shape index (κ2) is 7.10. The number of pyridine rings is 1. The van der Waals surface area contributed by atoms with Gasteiger partial charge >= 0.3 is 0 Å². The predicted molar refractivity (Wildman–Crippen MR) is 95.9 cm³/mol. The number of aromatic nitrogens is 1. The SMILES string of the molecule is CSC(=S)Oc1cnc2c(c1)CN(C(=O)c1ccccc1)CC2. The van der Waals surface area contributed by atoms with Crippen molar-refractivity contribution >= 4 is 34.3 Å². The topological polar surface area (TPSA) is 42.4 Å². The van der Waals surface area contributed by atoms with Crippen LogP contribution in [0.3, 0.4) is 0 Å². The van der Waals surface area contributed by atoms with E-state index in [0.29, 0.717) is 28.8 Å². The summed E-state index contributed by atoms with van der Waals surface area (Å²) in [4.78, 5) is 18.9. The standard InChI is InChI=1S/C17H16N2O2S2/c1-23-17(22)21-14-9-13-11-19(8-7-15(13)18-10-14)16(20)12-5-3-2-4-6-12/h2-6,9-10H,7-8,11H2,1H3. The maximum atomic E-state index is 12.6. The highest BCUT2D eigenvalue weighted by Gasteiger charge is 2.23. The van der Waals surface area contributed by atoms with E-state index in [2.05, 4.69) is 4.98 Å². The van der Waals surface area contributed by atoms with Gasteiger partial charge in [0.05, 0.1) is 6.20 Å². The Labute approximate surface area is 144 Å². The molecule has 1 amide bonds. The monoisotopic (exact) mass is 344 g/mol. The van der Waals surface area contributed by atoms with E-state index in [1.807, 2.05) is 47.6 Å². The summed E-state index contributed by atoms with van der Waals surface area (Å²) in [5.74, 6) is 0.666. The van der Waals surface area contributed by atoms with Gasteiger partial charge in [-0.1, -0.05) is 30.0 Å². The van der Waals surface area contributed by atoms with Crippen molar-refractivity contribution in [1.82, 2.24) is 9.88 Å². The number of amides is 1. The van der Waals surface area contributed by atoms with Gasteiger partial charge in [0.15, 0.2) is 0 Å². The minimum absolute atomic E-state index is 0.0437. The maximum absolute atomic E-state index is 12.6. The van der Waals surface area contributed by atoms with Gasteiger partial charge in [-0.15, -0.1) is 0 Å². The number of thioether (sulfide) groups is 1. The molecule has 0 radical (unpaired) electrons. The lowest BCUT2D eigenvalue weighted by Gasteiger charge is -2.28. The van der Waals surface area contributed by atoms with E-state index >= 15 is 0 Å². The third kappa shape index (κ3) is 3.71. The lowest BCUT2D eigenvalue weighted by atomic mass is 10.0. The molecule has 0 bridgehead atoms. The minimum atomic E-state index is 0.0437. The normalized spacial score (nSPS) is 13.3. The van der Waals surface area contributed by atoms with Crippen molar-refractivity contribution in [2.24, 2.45) is 0 Å². The van der Waals surface area contributed by atoms with Gasteiger partial charge in [0.2, 0.25) is 4.38 Å². The third-order valence-electron chi connectivity index (χ3n) is 3.69. The summed E-state index contributed by atoms with van der Waals surface area (Å²) in [6, 6.07) is 11.3. The lowest BCUT2D eigenvalue weighted by Crippen LogP contribution is -2.36. The van der Waals surface area contributed by atoms with Gasteiger partial charge in [0, 0.05) is 30.8 Å². The zero-order chi connectivity index (χ0) is 16.2. The molecule has 1 aliphatic rings. The molecule has 0 N–H and O–H groups in total. The van der Waals surface area contributed by atoms with Crippen LogP contribution in [-0.4, -0.2) is 33.0 Å². The number of carbonyl (C=O) groups excluding carboxylic acids is 1. The van der Waals surface area contributed by atoms with E-state index in [1.165, 1.54) is 11.8 Å². The van der Waals surface area contributed by atoms with E-state index in [-0.39, 0.29) is 5.91 Å². The molecule has 0 atom stereocenters. The molecular formula is C17H16N2O2S2. The zero-order valence-corrected chi connectivity index (χ0v) is 14.3. The molecule has 3 rings (SSSR count). The predicted octanol–water partition coefficient (Wildman–Crippen LogP) is 3.31. The summed E-state index contributed by atoms with van der Waals surface area (Å²) >= 11 is 6.45. The summed E-state index contributed by atoms with van der Waals surface area (Å²) in [6.07, 6.45) is 4.31. The summed E-state index contributed by atoms with van der Waals surface area (Å²) in [6.45, 7) is 1.22. The highest BCUT2D eigenvalue weighted by atomic mass is 32.2. The Morgan fingerprint density at radius 2 is 2.13 bits per heavy atom. The number of carbonyl (C=O) groups is 1. The van der Waals surface area contributed by atoms with Crippen molar-refractivity contribution in [1.29, 1.82) is 0 Å². The van der Waals surface area contributed by atoms with Crippen molar-refractivity contribution < 1.29 is 9.53 Å². The highest BCUT2D eigenvalue weighted by Crippen LogP contribution is 2.23. The van der Waals surface area contributed by atoms with Gasteiger partial charge in [-0.3, -0.25) is 9.78 Å². The highest BCUT2D eigenvalue weighted by molar-refractivity contribution is 8.22. The van der Waals surface area contributed by atoms with E-state index < -0.39 is 0 Å². The third-order valence-corrected chi connectivity index (χ3v) is 4.69. The van der Waals surface area contributed by atoms with Gasteiger partial charge in [0.25, 0.3) is 5.91 Å². The smallest absolute Gasteiger partial charge is 0.254 e. The number of fused-ring (bicyclic) bond motifs is 1. The molecule has 1 aliphatic heterocycles. The first-order valence-corrected chi connectivity index (χ1v) is 8.88. The first-order valence-electron chi connectivity index (χ1n) is 7.25. The number of hydrogen-bond acceptors (Lipinski definition) is 5. The van der Waals surface area contributed by atoms with Crippen molar-refractivity contribution in [3.63, 3.8) is 0 Å². The van der Waals surface area contributed by atoms with Crippen LogP contribution in [0.5, 0.6) is 5.75 Å². The van der Waals surface area contributed by atoms with Gasteiger partial charge < -0.3 is 9.64 Å². The van der Waals surface area contributed by atoms with Crippen LogP contribution in [0.4, 0.5) is 0 Å². The van der Waals surface area contributed by atoms with E-state index in [9.17, 15) is 4.79 Å². The number of ether oxygens (including phenoxy) is 1. The molecular weight excluding hydrogens is 328 g/mol. The van der Waals surface area contributed by atoms with Crippen LogP contribution >= 0.6 is 24.0 Å². The van der Waals surface area contributed by atoms with Crippen LogP contribution in [0.25, 0.3) is 0 Å². The van der Waals surface area contributed by atoms with Crippen LogP contribution in [-0.2, 0) is 13.0 Å². The van der Waals surface area contributed by atoms with Crippen molar-refractivity contribution in [3.8, 4) is 5.75 Å². The maximum Gasteiger partial charge on any atom is 0.254 e. The summed E-state index contributed by atoms with van der Waals surface area (Å²) in [5.41, 5.74) is 2.74. The minimum Gasteiger partial charge on any atom is -0.438 e. The van der Waals surface area contributed by atoms with Crippen LogP contribution in [0.1, 0.15) is 21.6 Å². The first-order chi connectivity index (χ1) is 11.2. The van der Waals surface area contributed by atoms with E-state index in [0.717, 1.165) is 17.7 Å². The van der Waals surface area contributed by atoms with Crippen LogP contribution in [0.15, 0.2) is 42.6 Å². The van der Waals surface area contributed by atoms with E-state index in [1.54, 1.807) is 6.20 Å². The van der Waals surface area contributed by atoms with E-state index in [4.69, 9.17) is 17.0 Å². The Bertz CT molecular complexity index is 735. The Morgan fingerprint density at radius 1 is 1.35 bits per heavy atom. The Hall–Kier alpha value is -1.92.